The Hall–Kier alpha value is -1.05. The maximum Gasteiger partial charge on any atom is 0.207 e. The van der Waals surface area contributed by atoms with E-state index in [2.05, 4.69) is 22.1 Å². The van der Waals surface area contributed by atoms with Crippen LogP contribution in [-0.4, -0.2) is 50.2 Å². The second kappa shape index (κ2) is 7.27. The summed E-state index contributed by atoms with van der Waals surface area (Å²) in [7, 11) is 0. The highest BCUT2D eigenvalue weighted by Crippen LogP contribution is 2.03. The highest BCUT2D eigenvalue weighted by molar-refractivity contribution is 5.45. The first kappa shape index (κ1) is 12.0. The lowest BCUT2D eigenvalue weighted by Gasteiger charge is -2.31. The molecule has 1 aliphatic rings. The summed E-state index contributed by atoms with van der Waals surface area (Å²) in [6.07, 6.45) is 1.71. The van der Waals surface area contributed by atoms with Gasteiger partial charge in [-0.05, 0) is 0 Å². The number of nitrogens with zero attached hydrogens (tertiary/aromatic N) is 1. The lowest BCUT2D eigenvalue weighted by molar-refractivity contribution is -0.110. The van der Waals surface area contributed by atoms with Crippen LogP contribution in [0.15, 0.2) is 0 Å². The van der Waals surface area contributed by atoms with E-state index in [0.717, 1.165) is 32.7 Å². The van der Waals surface area contributed by atoms with Gasteiger partial charge < -0.3 is 10.1 Å². The summed E-state index contributed by atoms with van der Waals surface area (Å²) in [6.45, 7) is 5.92. The van der Waals surface area contributed by atoms with Crippen LogP contribution in [0.4, 0.5) is 0 Å². The largest absolute Gasteiger partial charge is 0.374 e. The van der Waals surface area contributed by atoms with Gasteiger partial charge in [-0.25, -0.2) is 0 Å². The quantitative estimate of drug-likeness (QED) is 0.518. The Kier molecular flexibility index (Phi) is 5.83. The molecule has 1 N–H and O–H groups in total. The van der Waals surface area contributed by atoms with Gasteiger partial charge in [0.15, 0.2) is 0 Å². The molecule has 0 aromatic rings. The Morgan fingerprint density at radius 3 is 3.20 bits per heavy atom. The number of ether oxygens (including phenoxy) is 1. The molecular formula is C11H18N2O2. The van der Waals surface area contributed by atoms with Crippen LogP contribution < -0.4 is 5.32 Å². The van der Waals surface area contributed by atoms with Crippen molar-refractivity contribution in [3.8, 4) is 11.8 Å². The van der Waals surface area contributed by atoms with E-state index in [1.165, 1.54) is 0 Å². The Labute approximate surface area is 91.0 Å². The number of carbonyl (C=O) groups excluding carboxylic acids is 1. The van der Waals surface area contributed by atoms with Crippen LogP contribution in [0.1, 0.15) is 13.3 Å². The maximum atomic E-state index is 10.1. The molecule has 0 aliphatic carbocycles. The van der Waals surface area contributed by atoms with E-state index in [-0.39, 0.29) is 6.10 Å². The van der Waals surface area contributed by atoms with E-state index < -0.39 is 0 Å². The summed E-state index contributed by atoms with van der Waals surface area (Å²) >= 11 is 0. The Bertz CT molecular complexity index is 245. The number of rotatable bonds is 4. The summed E-state index contributed by atoms with van der Waals surface area (Å²) in [5, 5.41) is 2.64. The van der Waals surface area contributed by atoms with Crippen molar-refractivity contribution in [1.82, 2.24) is 10.2 Å². The lowest BCUT2D eigenvalue weighted by atomic mass is 10.2. The first-order chi connectivity index (χ1) is 7.36. The molecule has 1 saturated heterocycles. The average molecular weight is 210 g/mol. The number of amides is 1. The normalized spacial score (nSPS) is 21.5. The highest BCUT2D eigenvalue weighted by Gasteiger charge is 2.18. The second-order valence-electron chi connectivity index (χ2n) is 3.46. The molecular weight excluding hydrogens is 192 g/mol. The third-order valence-electron chi connectivity index (χ3n) is 2.26. The van der Waals surface area contributed by atoms with Gasteiger partial charge in [-0.2, -0.15) is 0 Å². The van der Waals surface area contributed by atoms with Crippen molar-refractivity contribution in [2.24, 2.45) is 0 Å². The van der Waals surface area contributed by atoms with Crippen LogP contribution in [-0.2, 0) is 9.53 Å². The number of hydrogen-bond donors (Lipinski definition) is 1. The van der Waals surface area contributed by atoms with Crippen molar-refractivity contribution in [1.29, 1.82) is 0 Å². The SMILES string of the molecule is CCC#CCN1CCOC(CNC=O)C1. The van der Waals surface area contributed by atoms with Crippen LogP contribution in [0.3, 0.4) is 0 Å². The molecule has 0 aromatic heterocycles. The van der Waals surface area contributed by atoms with Gasteiger partial charge in [0.05, 0.1) is 19.3 Å². The van der Waals surface area contributed by atoms with Gasteiger partial charge >= 0.3 is 0 Å². The van der Waals surface area contributed by atoms with Gasteiger partial charge in [-0.3, -0.25) is 9.69 Å². The van der Waals surface area contributed by atoms with Crippen molar-refractivity contribution < 1.29 is 9.53 Å². The minimum Gasteiger partial charge on any atom is -0.374 e. The molecule has 0 spiro atoms. The summed E-state index contributed by atoms with van der Waals surface area (Å²) in [4.78, 5) is 12.4. The first-order valence-corrected chi connectivity index (χ1v) is 5.33. The van der Waals surface area contributed by atoms with Gasteiger partial charge in [0.25, 0.3) is 0 Å². The molecule has 1 atom stereocenters. The predicted molar refractivity (Wildman–Crippen MR) is 58.3 cm³/mol. The smallest absolute Gasteiger partial charge is 0.207 e. The minimum atomic E-state index is 0.104. The maximum absolute atomic E-state index is 10.1. The number of carbonyl (C=O) groups is 1. The third-order valence-corrected chi connectivity index (χ3v) is 2.26. The molecule has 84 valence electrons. The van der Waals surface area contributed by atoms with Gasteiger partial charge in [0.2, 0.25) is 6.41 Å². The monoisotopic (exact) mass is 210 g/mol. The van der Waals surface area contributed by atoms with Crippen LogP contribution in [0.25, 0.3) is 0 Å². The van der Waals surface area contributed by atoms with Gasteiger partial charge in [0.1, 0.15) is 0 Å². The summed E-state index contributed by atoms with van der Waals surface area (Å²) in [5.74, 6) is 6.16. The fourth-order valence-corrected chi connectivity index (χ4v) is 1.52. The van der Waals surface area contributed by atoms with E-state index in [0.29, 0.717) is 13.0 Å². The topological polar surface area (TPSA) is 41.6 Å². The predicted octanol–water partition coefficient (Wildman–Crippen LogP) is -0.153. The zero-order chi connectivity index (χ0) is 10.9. The van der Waals surface area contributed by atoms with Crippen molar-refractivity contribution >= 4 is 6.41 Å². The molecule has 1 unspecified atom stereocenters. The zero-order valence-corrected chi connectivity index (χ0v) is 9.16. The molecule has 1 rings (SSSR count). The van der Waals surface area contributed by atoms with Crippen molar-refractivity contribution in [3.63, 3.8) is 0 Å². The Morgan fingerprint density at radius 2 is 2.47 bits per heavy atom. The Balaban J connectivity index is 2.25. The second-order valence-corrected chi connectivity index (χ2v) is 3.46. The minimum absolute atomic E-state index is 0.104. The standard InChI is InChI=1S/C11H18N2O2/c1-2-3-4-5-13-6-7-15-11(9-13)8-12-10-14/h10-11H,2,5-9H2,1H3,(H,12,14). The van der Waals surface area contributed by atoms with Crippen molar-refractivity contribution in [3.05, 3.63) is 0 Å². The Morgan fingerprint density at radius 1 is 1.60 bits per heavy atom. The molecule has 4 heteroatoms. The average Bonchev–Trinajstić information content (AvgIpc) is 2.27. The number of hydrogen-bond acceptors (Lipinski definition) is 3. The van der Waals surface area contributed by atoms with Gasteiger partial charge in [0, 0.05) is 26.1 Å². The van der Waals surface area contributed by atoms with Crippen LogP contribution in [0.2, 0.25) is 0 Å². The number of nitrogens with one attached hydrogen (secondary N) is 1. The van der Waals surface area contributed by atoms with E-state index >= 15 is 0 Å². The zero-order valence-electron chi connectivity index (χ0n) is 9.16. The van der Waals surface area contributed by atoms with Gasteiger partial charge in [-0.15, -0.1) is 5.92 Å². The van der Waals surface area contributed by atoms with E-state index in [4.69, 9.17) is 4.74 Å². The summed E-state index contributed by atoms with van der Waals surface area (Å²) in [5.41, 5.74) is 0. The van der Waals surface area contributed by atoms with Crippen LogP contribution in [0.5, 0.6) is 0 Å². The van der Waals surface area contributed by atoms with Crippen LogP contribution >= 0.6 is 0 Å². The molecule has 0 bridgehead atoms. The molecule has 0 saturated carbocycles. The number of morpholine rings is 1. The first-order valence-electron chi connectivity index (χ1n) is 5.33. The van der Waals surface area contributed by atoms with Gasteiger partial charge in [-0.1, -0.05) is 12.8 Å². The molecule has 0 radical (unpaired) electrons. The van der Waals surface area contributed by atoms with Crippen molar-refractivity contribution in [2.45, 2.75) is 19.4 Å². The molecule has 1 fully saturated rings. The molecule has 1 amide bonds. The van der Waals surface area contributed by atoms with Crippen molar-refractivity contribution in [2.75, 3.05) is 32.8 Å². The molecule has 0 aromatic carbocycles. The molecule has 1 heterocycles. The lowest BCUT2D eigenvalue weighted by Crippen LogP contribution is -2.46. The van der Waals surface area contributed by atoms with Crippen LogP contribution in [0, 0.1) is 11.8 Å². The van der Waals surface area contributed by atoms with E-state index in [1.807, 2.05) is 6.92 Å². The fourth-order valence-electron chi connectivity index (χ4n) is 1.52. The van der Waals surface area contributed by atoms with E-state index in [1.54, 1.807) is 0 Å². The summed E-state index contributed by atoms with van der Waals surface area (Å²) < 4.78 is 5.51. The third kappa shape index (κ3) is 4.82. The summed E-state index contributed by atoms with van der Waals surface area (Å²) in [6, 6.07) is 0. The molecule has 4 nitrogen and oxygen atoms in total. The fraction of sp³-hybridized carbons (Fsp3) is 0.727. The molecule has 1 aliphatic heterocycles. The molecule has 15 heavy (non-hydrogen) atoms. The van der Waals surface area contributed by atoms with E-state index in [9.17, 15) is 4.79 Å². The highest BCUT2D eigenvalue weighted by atomic mass is 16.5.